The third-order valence-corrected chi connectivity index (χ3v) is 19.2. The zero-order chi connectivity index (χ0) is 81.7. The van der Waals surface area contributed by atoms with Gasteiger partial charge >= 0.3 is 39.5 Å². The van der Waals surface area contributed by atoms with Gasteiger partial charge < -0.3 is 33.8 Å². The largest absolute Gasteiger partial charge is 0.472 e. The molecule has 19 heteroatoms. The lowest BCUT2D eigenvalue weighted by Crippen LogP contribution is -2.30. The second-order valence-corrected chi connectivity index (χ2v) is 30.9. The molecule has 0 radical (unpaired) electrons. The molecule has 0 aromatic carbocycles. The van der Waals surface area contributed by atoms with Crippen LogP contribution in [0.4, 0.5) is 0 Å². The van der Waals surface area contributed by atoms with Gasteiger partial charge in [-0.1, -0.05) is 306 Å². The summed E-state index contributed by atoms with van der Waals surface area (Å²) in [6.45, 7) is 4.47. The van der Waals surface area contributed by atoms with E-state index in [0.29, 0.717) is 32.1 Å². The van der Waals surface area contributed by atoms with Crippen LogP contribution in [-0.2, 0) is 65.4 Å². The van der Waals surface area contributed by atoms with Crippen molar-refractivity contribution in [3.63, 3.8) is 0 Å². The SMILES string of the molecule is CC/C=C\C/C=C\C/C=C\C/C=C\C/C=C\C/C=C\CCC(=O)OCC(COP(=O)(O)OCC(O)COP(=O)(O)OCC(COC(=O)CCCCCCCC/C=C\C/C=C\C/C=C\CCCCC)OC(=O)CCCCCCC/C=C\C/C=C\C/C=C\CC)OC(=O)CCCCCCCC/C=C\C/C=C\C/C=C\CCCCC. The molecule has 0 fully saturated rings. The number of hydrogen-bond acceptors (Lipinski definition) is 15. The first-order valence-corrected chi connectivity index (χ1v) is 46.0. The third kappa shape index (κ3) is 82.2. The number of aliphatic hydroxyl groups excluding tert-OH is 1. The van der Waals surface area contributed by atoms with Gasteiger partial charge in [0, 0.05) is 25.7 Å². The molecule has 0 aliphatic rings. The maximum absolute atomic E-state index is 13.1. The number of carbonyl (C=O) groups is 4. The van der Waals surface area contributed by atoms with E-state index >= 15 is 0 Å². The van der Waals surface area contributed by atoms with Crippen LogP contribution in [0.25, 0.3) is 0 Å². The Kier molecular flexibility index (Phi) is 78.8. The fourth-order valence-corrected chi connectivity index (χ4v) is 12.4. The topological polar surface area (TPSA) is 237 Å². The van der Waals surface area contributed by atoms with E-state index in [1.165, 1.54) is 38.5 Å². The lowest BCUT2D eigenvalue weighted by molar-refractivity contribution is -0.161. The highest BCUT2D eigenvalue weighted by Gasteiger charge is 2.30. The van der Waals surface area contributed by atoms with Crippen molar-refractivity contribution >= 4 is 39.5 Å². The van der Waals surface area contributed by atoms with Gasteiger partial charge in [-0.05, 0) is 173 Å². The van der Waals surface area contributed by atoms with Gasteiger partial charge in [0.2, 0.25) is 0 Å². The van der Waals surface area contributed by atoms with Gasteiger partial charge in [0.15, 0.2) is 12.2 Å². The van der Waals surface area contributed by atoms with Crippen LogP contribution in [0.2, 0.25) is 0 Å². The van der Waals surface area contributed by atoms with Gasteiger partial charge in [-0.15, -0.1) is 0 Å². The van der Waals surface area contributed by atoms with Crippen molar-refractivity contribution in [3.05, 3.63) is 182 Å². The van der Waals surface area contributed by atoms with E-state index in [9.17, 15) is 43.2 Å². The number of allylic oxidation sites excluding steroid dienone is 30. The van der Waals surface area contributed by atoms with E-state index in [-0.39, 0.29) is 25.7 Å². The predicted molar refractivity (Wildman–Crippen MR) is 463 cm³/mol. The molecule has 0 amide bonds. The van der Waals surface area contributed by atoms with Crippen molar-refractivity contribution in [2.45, 2.75) is 341 Å². The molecule has 0 aliphatic carbocycles. The highest BCUT2D eigenvalue weighted by molar-refractivity contribution is 7.47. The Morgan fingerprint density at radius 1 is 0.259 bits per heavy atom. The Morgan fingerprint density at radius 3 is 0.768 bits per heavy atom. The first kappa shape index (κ1) is 106. The molecule has 5 unspecified atom stereocenters. The van der Waals surface area contributed by atoms with E-state index in [1.54, 1.807) is 0 Å². The Hall–Kier alpha value is -5.84. The predicted octanol–water partition coefficient (Wildman–Crippen LogP) is 25.9. The maximum Gasteiger partial charge on any atom is 0.472 e. The van der Waals surface area contributed by atoms with E-state index in [4.69, 9.17) is 37.0 Å². The summed E-state index contributed by atoms with van der Waals surface area (Å²) >= 11 is 0. The molecular weight excluding hydrogens is 1450 g/mol. The van der Waals surface area contributed by atoms with Crippen LogP contribution in [-0.4, -0.2) is 96.7 Å². The van der Waals surface area contributed by atoms with E-state index < -0.39 is 97.5 Å². The number of unbranched alkanes of at least 4 members (excludes halogenated alkanes) is 23. The number of esters is 4. The number of aliphatic hydroxyl groups is 1. The minimum absolute atomic E-state index is 0.0264. The fourth-order valence-electron chi connectivity index (χ4n) is 10.9. The van der Waals surface area contributed by atoms with Gasteiger partial charge in [-0.3, -0.25) is 37.3 Å². The molecule has 636 valence electrons. The number of phosphoric acid groups is 2. The van der Waals surface area contributed by atoms with Crippen LogP contribution in [0.15, 0.2) is 182 Å². The van der Waals surface area contributed by atoms with E-state index in [2.05, 4.69) is 192 Å². The van der Waals surface area contributed by atoms with Crippen LogP contribution in [0, 0.1) is 0 Å². The molecule has 0 rings (SSSR count). The molecule has 0 aliphatic heterocycles. The minimum Gasteiger partial charge on any atom is -0.462 e. The number of hydrogen-bond donors (Lipinski definition) is 3. The summed E-state index contributed by atoms with van der Waals surface area (Å²) in [7, 11) is -10.0. The van der Waals surface area contributed by atoms with Gasteiger partial charge in [-0.25, -0.2) is 9.13 Å². The first-order chi connectivity index (χ1) is 54.7. The Balaban J connectivity index is 5.50. The molecule has 0 bridgehead atoms. The number of rotatable bonds is 79. The zero-order valence-corrected chi connectivity index (χ0v) is 71.6. The summed E-state index contributed by atoms with van der Waals surface area (Å²) < 4.78 is 68.7. The van der Waals surface area contributed by atoms with E-state index in [1.807, 2.05) is 18.2 Å². The summed E-state index contributed by atoms with van der Waals surface area (Å²) in [5.41, 5.74) is 0. The summed E-state index contributed by atoms with van der Waals surface area (Å²) in [6.07, 6.45) is 101. The molecule has 0 saturated carbocycles. The lowest BCUT2D eigenvalue weighted by Gasteiger charge is -2.21. The molecule has 3 N–H and O–H groups in total. The van der Waals surface area contributed by atoms with Crippen molar-refractivity contribution in [1.29, 1.82) is 0 Å². The number of carbonyl (C=O) groups excluding carboxylic acids is 4. The van der Waals surface area contributed by atoms with E-state index in [0.717, 1.165) is 199 Å². The van der Waals surface area contributed by atoms with Crippen molar-refractivity contribution in [2.75, 3.05) is 39.6 Å². The van der Waals surface area contributed by atoms with Crippen molar-refractivity contribution in [2.24, 2.45) is 0 Å². The highest BCUT2D eigenvalue weighted by Crippen LogP contribution is 2.45. The van der Waals surface area contributed by atoms with Crippen molar-refractivity contribution in [1.82, 2.24) is 0 Å². The molecule has 0 aromatic rings. The Labute approximate surface area is 679 Å². The van der Waals surface area contributed by atoms with Gasteiger partial charge in [0.25, 0.3) is 0 Å². The summed E-state index contributed by atoms with van der Waals surface area (Å²) in [6, 6.07) is 0. The summed E-state index contributed by atoms with van der Waals surface area (Å²) in [5.74, 6) is -2.33. The first-order valence-electron chi connectivity index (χ1n) is 43.0. The zero-order valence-electron chi connectivity index (χ0n) is 69.8. The molecule has 0 heterocycles. The van der Waals surface area contributed by atoms with Crippen LogP contribution in [0.3, 0.4) is 0 Å². The van der Waals surface area contributed by atoms with Crippen LogP contribution >= 0.6 is 15.6 Å². The van der Waals surface area contributed by atoms with Crippen molar-refractivity contribution in [3.8, 4) is 0 Å². The number of ether oxygens (including phenoxy) is 4. The van der Waals surface area contributed by atoms with Gasteiger partial charge in [-0.2, -0.15) is 0 Å². The molecule has 0 saturated heterocycles. The average molecular weight is 1600 g/mol. The second kappa shape index (κ2) is 83.1. The minimum atomic E-state index is -5.01. The highest BCUT2D eigenvalue weighted by atomic mass is 31.2. The average Bonchev–Trinajstić information content (AvgIpc) is 0.898. The Bertz CT molecular complexity index is 2840. The molecule has 0 spiro atoms. The maximum atomic E-state index is 13.1. The van der Waals surface area contributed by atoms with Gasteiger partial charge in [0.1, 0.15) is 19.3 Å². The van der Waals surface area contributed by atoms with Crippen LogP contribution < -0.4 is 0 Å². The molecule has 5 atom stereocenters. The van der Waals surface area contributed by atoms with Gasteiger partial charge in [0.05, 0.1) is 26.4 Å². The normalized spacial score (nSPS) is 14.7. The summed E-state index contributed by atoms with van der Waals surface area (Å²) in [5, 5.41) is 10.7. The third-order valence-electron chi connectivity index (χ3n) is 17.3. The van der Waals surface area contributed by atoms with Crippen LogP contribution in [0.5, 0.6) is 0 Å². The van der Waals surface area contributed by atoms with Crippen LogP contribution in [0.1, 0.15) is 323 Å². The smallest absolute Gasteiger partial charge is 0.462 e. The lowest BCUT2D eigenvalue weighted by atomic mass is 10.1. The quantitative estimate of drug-likeness (QED) is 0.0169. The summed E-state index contributed by atoms with van der Waals surface area (Å²) in [4.78, 5) is 73.3. The van der Waals surface area contributed by atoms with Crippen molar-refractivity contribution < 1.29 is 80.2 Å². The standard InChI is InChI=1S/C93H152O17P2/c1-5-9-13-17-21-25-29-33-37-40-43-46-50-53-57-61-65-69-73-77-90(95)103-83-88(109-92(97)79-75-71-67-63-59-55-49-36-32-28-24-20-16-12-8-4)85-107-111(99,100)105-81-87(94)82-106-112(101,102)108-86-89(110-93(98)80-76-72-68-64-60-56-52-48-45-42-39-35-31-27-23-19-15-11-7-3)84-104-91(96)78-74-70-66-62-58-54-51-47-44-41-38-34-30-26-22-18-14-10-6-2/h10,12,14,16,21-28,33-39,43-49,54,58,66,70,87-89,94H,5-9,11,13,15,17-20,29-32,40-42,50-53,55-57,59-65,67-69,71-86H2,1-4H3,(H,99,100)(H,101,102)/b14-10-,16-12-,25-21-,26-22-,27-23-,28-24-,37-33-,38-34-,39-35-,46-43-,47-44-,48-45-,49-36-,58-54-,70-66-. The Morgan fingerprint density at radius 2 is 0.482 bits per heavy atom. The molecule has 0 aromatic heterocycles. The fraction of sp³-hybridized carbons (Fsp3) is 0.634. The second-order valence-electron chi connectivity index (χ2n) is 28.0. The molecule has 17 nitrogen and oxygen atoms in total. The molecular formula is C93H152O17P2. The monoisotopic (exact) mass is 1600 g/mol. The number of phosphoric ester groups is 2. The molecule has 112 heavy (non-hydrogen) atoms.